The molecule has 2 unspecified atom stereocenters. The van der Waals surface area contributed by atoms with Gasteiger partial charge in [-0.25, -0.2) is 4.39 Å². The second-order valence-electron chi connectivity index (χ2n) is 5.63. The summed E-state index contributed by atoms with van der Waals surface area (Å²) in [5, 5.41) is 3.15. The molecule has 0 saturated carbocycles. The van der Waals surface area contributed by atoms with Gasteiger partial charge < -0.3 is 15.8 Å². The molecule has 2 rings (SSSR count). The van der Waals surface area contributed by atoms with E-state index in [4.69, 9.17) is 10.5 Å². The highest BCUT2D eigenvalue weighted by molar-refractivity contribution is 5.83. The van der Waals surface area contributed by atoms with Crippen LogP contribution in [0, 0.1) is 6.92 Å². The quantitative estimate of drug-likeness (QED) is 0.595. The summed E-state index contributed by atoms with van der Waals surface area (Å²) < 4.78 is 18.2. The summed E-state index contributed by atoms with van der Waals surface area (Å²) in [6, 6.07) is 1.84. The first-order chi connectivity index (χ1) is 11.5. The van der Waals surface area contributed by atoms with Crippen LogP contribution in [0.3, 0.4) is 0 Å². The largest absolute Gasteiger partial charge is 0.489 e. The summed E-state index contributed by atoms with van der Waals surface area (Å²) in [5.74, 6) is 0.590. The van der Waals surface area contributed by atoms with Crippen LogP contribution >= 0.6 is 0 Å². The van der Waals surface area contributed by atoms with E-state index in [1.807, 2.05) is 13.0 Å². The van der Waals surface area contributed by atoms with Crippen LogP contribution in [0.5, 0.6) is 5.75 Å². The number of aryl methyl sites for hydroxylation is 1. The zero-order valence-corrected chi connectivity index (χ0v) is 14.0. The van der Waals surface area contributed by atoms with E-state index in [1.54, 1.807) is 30.8 Å². The molecule has 6 heteroatoms. The van der Waals surface area contributed by atoms with Gasteiger partial charge in [0.1, 0.15) is 18.5 Å². The van der Waals surface area contributed by atoms with E-state index in [9.17, 15) is 4.39 Å². The number of nitrogens with two attached hydrogens (primary N) is 1. The summed E-state index contributed by atoms with van der Waals surface area (Å²) in [6.07, 6.45) is 7.70. The maximum absolute atomic E-state index is 12.8. The van der Waals surface area contributed by atoms with Crippen LogP contribution in [-0.4, -0.2) is 30.0 Å². The number of allylic oxidation sites excluding steroid dienone is 1. The number of ether oxygens (including phenoxy) is 1. The molecule has 0 amide bonds. The van der Waals surface area contributed by atoms with Crippen molar-refractivity contribution in [1.82, 2.24) is 10.3 Å². The minimum Gasteiger partial charge on any atom is -0.489 e. The van der Waals surface area contributed by atoms with Gasteiger partial charge in [-0.15, -0.1) is 6.58 Å². The Kier molecular flexibility index (Phi) is 6.12. The summed E-state index contributed by atoms with van der Waals surface area (Å²) in [7, 11) is 0. The molecule has 5 nitrogen and oxygen atoms in total. The highest BCUT2D eigenvalue weighted by Gasteiger charge is 2.13. The number of alkyl halides is 1. The minimum atomic E-state index is -1.01. The fourth-order valence-corrected chi connectivity index (χ4v) is 2.24. The van der Waals surface area contributed by atoms with Crippen LogP contribution in [0.15, 0.2) is 53.5 Å². The number of aromatic nitrogens is 1. The summed E-state index contributed by atoms with van der Waals surface area (Å²) in [5.41, 5.74) is 9.22. The Morgan fingerprint density at radius 2 is 2.38 bits per heavy atom. The monoisotopic (exact) mass is 330 g/mol. The molecule has 0 radical (unpaired) electrons. The fourth-order valence-electron chi connectivity index (χ4n) is 2.24. The van der Waals surface area contributed by atoms with Gasteiger partial charge in [0, 0.05) is 17.5 Å². The Labute approximate surface area is 141 Å². The van der Waals surface area contributed by atoms with Crippen LogP contribution < -0.4 is 15.8 Å². The lowest BCUT2D eigenvalue weighted by molar-refractivity contribution is 0.208. The van der Waals surface area contributed by atoms with Gasteiger partial charge in [0.15, 0.2) is 0 Å². The van der Waals surface area contributed by atoms with E-state index in [1.165, 1.54) is 6.92 Å². The molecule has 0 aliphatic carbocycles. The van der Waals surface area contributed by atoms with Crippen molar-refractivity contribution in [3.05, 3.63) is 59.7 Å². The van der Waals surface area contributed by atoms with Crippen LogP contribution in [0.2, 0.25) is 0 Å². The second kappa shape index (κ2) is 8.29. The van der Waals surface area contributed by atoms with Crippen LogP contribution in [-0.2, 0) is 6.54 Å². The predicted molar refractivity (Wildman–Crippen MR) is 94.7 cm³/mol. The molecule has 1 aliphatic heterocycles. The van der Waals surface area contributed by atoms with Crippen molar-refractivity contribution >= 4 is 6.21 Å². The lowest BCUT2D eigenvalue weighted by Crippen LogP contribution is -2.30. The lowest BCUT2D eigenvalue weighted by atomic mass is 10.0. The molecule has 0 spiro atoms. The highest BCUT2D eigenvalue weighted by atomic mass is 19.1. The van der Waals surface area contributed by atoms with Gasteiger partial charge in [-0.2, -0.15) is 0 Å². The molecule has 0 aromatic carbocycles. The summed E-state index contributed by atoms with van der Waals surface area (Å²) >= 11 is 0. The number of pyridine rings is 1. The Balaban J connectivity index is 2.02. The maximum atomic E-state index is 12.8. The van der Waals surface area contributed by atoms with Gasteiger partial charge in [0.05, 0.1) is 24.5 Å². The van der Waals surface area contributed by atoms with Gasteiger partial charge in [-0.3, -0.25) is 9.98 Å². The van der Waals surface area contributed by atoms with E-state index >= 15 is 0 Å². The first kappa shape index (κ1) is 17.7. The number of halogens is 1. The molecular weight excluding hydrogens is 307 g/mol. The van der Waals surface area contributed by atoms with E-state index < -0.39 is 6.17 Å². The number of nitrogens with one attached hydrogen (secondary N) is 1. The molecule has 3 N–H and O–H groups in total. The van der Waals surface area contributed by atoms with E-state index in [0.29, 0.717) is 18.0 Å². The molecule has 0 fully saturated rings. The highest BCUT2D eigenvalue weighted by Crippen LogP contribution is 2.18. The number of hydrogen-bond acceptors (Lipinski definition) is 5. The number of rotatable bonds is 7. The number of aliphatic imine (C=N–C) groups is 1. The van der Waals surface area contributed by atoms with Crippen molar-refractivity contribution in [3.63, 3.8) is 0 Å². The average Bonchev–Trinajstić information content (AvgIpc) is 2.55. The smallest absolute Gasteiger partial charge is 0.140 e. The zero-order chi connectivity index (χ0) is 17.5. The number of nitrogens with zero attached hydrogens (tertiary/aromatic N) is 2. The van der Waals surface area contributed by atoms with Gasteiger partial charge in [-0.05, 0) is 37.8 Å². The van der Waals surface area contributed by atoms with Crippen LogP contribution in [0.4, 0.5) is 4.39 Å². The molecule has 24 heavy (non-hydrogen) atoms. The number of dihydropyridines is 1. The van der Waals surface area contributed by atoms with Gasteiger partial charge >= 0.3 is 0 Å². The van der Waals surface area contributed by atoms with Crippen molar-refractivity contribution in [3.8, 4) is 5.75 Å². The molecule has 2 heterocycles. The summed E-state index contributed by atoms with van der Waals surface area (Å²) in [6.45, 7) is 7.59. The van der Waals surface area contributed by atoms with Crippen molar-refractivity contribution in [2.24, 2.45) is 10.7 Å². The fraction of sp³-hybridized carbons (Fsp3) is 0.333. The third-order valence-electron chi connectivity index (χ3n) is 3.51. The Morgan fingerprint density at radius 3 is 3.04 bits per heavy atom. The molecule has 0 bridgehead atoms. The molecule has 128 valence electrons. The molecule has 2 atom stereocenters. The van der Waals surface area contributed by atoms with Gasteiger partial charge in [0.2, 0.25) is 0 Å². The third-order valence-corrected chi connectivity index (χ3v) is 3.51. The van der Waals surface area contributed by atoms with Crippen LogP contribution in [0.1, 0.15) is 18.2 Å². The normalized spacial score (nSPS) is 18.5. The third kappa shape index (κ3) is 4.68. The Bertz CT molecular complexity index is 680. The topological polar surface area (TPSA) is 72.5 Å². The Hall–Kier alpha value is -2.63. The predicted octanol–water partition coefficient (Wildman–Crippen LogP) is 2.58. The molecule has 1 aliphatic rings. The Morgan fingerprint density at radius 1 is 1.58 bits per heavy atom. The zero-order valence-electron chi connectivity index (χ0n) is 14.0. The minimum absolute atomic E-state index is 0.0247. The first-order valence-electron chi connectivity index (χ1n) is 7.78. The first-order valence-corrected chi connectivity index (χ1v) is 7.78. The number of hydrogen-bond donors (Lipinski definition) is 2. The van der Waals surface area contributed by atoms with Crippen molar-refractivity contribution in [1.29, 1.82) is 0 Å². The van der Waals surface area contributed by atoms with E-state index in [0.717, 1.165) is 16.8 Å². The van der Waals surface area contributed by atoms with Gasteiger partial charge in [-0.1, -0.05) is 6.08 Å². The molecule has 1 aromatic heterocycles. The lowest BCUT2D eigenvalue weighted by Gasteiger charge is -2.19. The molecule has 1 aromatic rings. The van der Waals surface area contributed by atoms with E-state index in [2.05, 4.69) is 21.9 Å². The second-order valence-corrected chi connectivity index (χ2v) is 5.63. The molecular formula is C18H23FN4O. The summed E-state index contributed by atoms with van der Waals surface area (Å²) in [4.78, 5) is 8.71. The van der Waals surface area contributed by atoms with Crippen molar-refractivity contribution in [2.75, 3.05) is 6.61 Å². The molecule has 0 saturated heterocycles. The SMILES string of the molecule is C=CC1NC=CC(N)=C1C=NCc1cc(C)c(OCC(C)F)cn1. The van der Waals surface area contributed by atoms with Crippen molar-refractivity contribution < 1.29 is 9.13 Å². The maximum Gasteiger partial charge on any atom is 0.140 e. The van der Waals surface area contributed by atoms with E-state index in [-0.39, 0.29) is 12.6 Å². The van der Waals surface area contributed by atoms with Crippen molar-refractivity contribution in [2.45, 2.75) is 32.6 Å². The standard InChI is InChI=1S/C18H23FN4O/c1-4-17-15(16(20)5-6-22-17)9-21-8-14-7-12(2)18(10-23-14)24-11-13(3)19/h4-7,9-10,13,17,22H,1,8,11,20H2,2-3H3. The van der Waals surface area contributed by atoms with Gasteiger partial charge in [0.25, 0.3) is 0 Å². The van der Waals surface area contributed by atoms with Crippen LogP contribution in [0.25, 0.3) is 0 Å². The average molecular weight is 330 g/mol.